The molecule has 0 fully saturated rings. The summed E-state index contributed by atoms with van der Waals surface area (Å²) in [6.07, 6.45) is 4.17. The zero-order chi connectivity index (χ0) is 9.14. The first kappa shape index (κ1) is 8.76. The molecule has 0 aliphatic carbocycles. The third kappa shape index (κ3) is 1.63. The van der Waals surface area contributed by atoms with Crippen molar-refractivity contribution in [3.63, 3.8) is 0 Å². The molecule has 1 rings (SSSR count). The summed E-state index contributed by atoms with van der Waals surface area (Å²) in [6.45, 7) is 3.86. The Hall–Kier alpha value is -1.33. The number of terminal acetylenes is 1. The predicted molar refractivity (Wildman–Crippen MR) is 47.5 cm³/mol. The zero-order valence-corrected chi connectivity index (χ0v) is 7.20. The van der Waals surface area contributed by atoms with E-state index in [-0.39, 0.29) is 0 Å². The summed E-state index contributed by atoms with van der Waals surface area (Å²) in [7, 11) is 0. The van der Waals surface area contributed by atoms with Gasteiger partial charge in [0.1, 0.15) is 0 Å². The lowest BCUT2D eigenvalue weighted by atomic mass is 10.1. The molecule has 1 heterocycles. The summed E-state index contributed by atoms with van der Waals surface area (Å²) in [5.41, 5.74) is 2.55. The summed E-state index contributed by atoms with van der Waals surface area (Å²) < 4.78 is 0. The summed E-state index contributed by atoms with van der Waals surface area (Å²) in [5, 5.41) is 9.25. The van der Waals surface area contributed by atoms with Crippen LogP contribution in [-0.4, -0.2) is 10.1 Å². The molecule has 1 N–H and O–H groups in total. The van der Waals surface area contributed by atoms with E-state index in [0.717, 1.165) is 11.3 Å². The second kappa shape index (κ2) is 3.38. The highest BCUT2D eigenvalue weighted by atomic mass is 16.3. The van der Waals surface area contributed by atoms with Crippen molar-refractivity contribution in [2.45, 2.75) is 20.0 Å². The Morgan fingerprint density at radius 1 is 1.50 bits per heavy atom. The van der Waals surface area contributed by atoms with E-state index in [4.69, 9.17) is 6.42 Å². The molecule has 2 heteroatoms. The first-order chi connectivity index (χ1) is 5.65. The fourth-order valence-electron chi connectivity index (χ4n) is 0.888. The summed E-state index contributed by atoms with van der Waals surface area (Å²) in [4.78, 5) is 4.15. The first-order valence-corrected chi connectivity index (χ1v) is 3.73. The maximum atomic E-state index is 9.25. The molecule has 0 saturated carbocycles. The number of aliphatic hydroxyl groups excluding tert-OH is 1. The minimum atomic E-state index is -0.885. The van der Waals surface area contributed by atoms with Crippen LogP contribution in [0.15, 0.2) is 12.1 Å². The number of rotatable bonds is 1. The normalized spacial score (nSPS) is 12.2. The van der Waals surface area contributed by atoms with E-state index in [9.17, 15) is 5.11 Å². The Kier molecular flexibility index (Phi) is 2.47. The van der Waals surface area contributed by atoms with Crippen LogP contribution in [0.5, 0.6) is 0 Å². The van der Waals surface area contributed by atoms with Crippen LogP contribution >= 0.6 is 0 Å². The van der Waals surface area contributed by atoms with Crippen LogP contribution in [0, 0.1) is 26.2 Å². The van der Waals surface area contributed by atoms with Crippen molar-refractivity contribution < 1.29 is 5.11 Å². The lowest BCUT2D eigenvalue weighted by molar-refractivity contribution is 0.233. The third-order valence-electron chi connectivity index (χ3n) is 1.81. The van der Waals surface area contributed by atoms with E-state index in [2.05, 4.69) is 10.9 Å². The maximum Gasteiger partial charge on any atom is 0.156 e. The van der Waals surface area contributed by atoms with Crippen molar-refractivity contribution in [1.29, 1.82) is 0 Å². The molecule has 1 aromatic heterocycles. The van der Waals surface area contributed by atoms with Crippen LogP contribution in [-0.2, 0) is 0 Å². The van der Waals surface area contributed by atoms with Gasteiger partial charge in [-0.1, -0.05) is 12.0 Å². The molecule has 0 aliphatic heterocycles. The Bertz CT molecular complexity index is 325. The average Bonchev–Trinajstić information content (AvgIpc) is 2.08. The van der Waals surface area contributed by atoms with Gasteiger partial charge in [0.2, 0.25) is 0 Å². The van der Waals surface area contributed by atoms with Crippen LogP contribution in [0.25, 0.3) is 0 Å². The molecule has 0 spiro atoms. The van der Waals surface area contributed by atoms with E-state index >= 15 is 0 Å². The minimum Gasteiger partial charge on any atom is -0.374 e. The van der Waals surface area contributed by atoms with E-state index in [1.165, 1.54) is 0 Å². The van der Waals surface area contributed by atoms with Gasteiger partial charge in [0, 0.05) is 5.69 Å². The zero-order valence-electron chi connectivity index (χ0n) is 7.20. The SMILES string of the molecule is C#C[C@@H](O)c1ccc(C)c(C)n1. The van der Waals surface area contributed by atoms with Crippen LogP contribution in [0.1, 0.15) is 23.1 Å². The molecule has 0 bridgehead atoms. The number of aryl methyl sites for hydroxylation is 2. The number of aromatic nitrogens is 1. The topological polar surface area (TPSA) is 33.1 Å². The summed E-state index contributed by atoms with van der Waals surface area (Å²) in [5.74, 6) is 2.22. The monoisotopic (exact) mass is 161 g/mol. The van der Waals surface area contributed by atoms with Gasteiger partial charge in [0.15, 0.2) is 6.10 Å². The largest absolute Gasteiger partial charge is 0.374 e. The molecule has 1 aromatic rings. The molecule has 12 heavy (non-hydrogen) atoms. The second-order valence-electron chi connectivity index (χ2n) is 2.71. The van der Waals surface area contributed by atoms with Gasteiger partial charge in [-0.3, -0.25) is 4.98 Å². The van der Waals surface area contributed by atoms with E-state index < -0.39 is 6.10 Å². The number of hydrogen-bond donors (Lipinski definition) is 1. The van der Waals surface area contributed by atoms with E-state index in [1.54, 1.807) is 6.07 Å². The van der Waals surface area contributed by atoms with Crippen LogP contribution in [0.3, 0.4) is 0 Å². The first-order valence-electron chi connectivity index (χ1n) is 3.73. The van der Waals surface area contributed by atoms with Gasteiger partial charge >= 0.3 is 0 Å². The van der Waals surface area contributed by atoms with Crippen LogP contribution in [0.2, 0.25) is 0 Å². The van der Waals surface area contributed by atoms with Crippen molar-refractivity contribution in [3.05, 3.63) is 29.1 Å². The van der Waals surface area contributed by atoms with Crippen molar-refractivity contribution >= 4 is 0 Å². The maximum absolute atomic E-state index is 9.25. The van der Waals surface area contributed by atoms with Crippen molar-refractivity contribution in [3.8, 4) is 12.3 Å². The molecule has 2 nitrogen and oxygen atoms in total. The quantitative estimate of drug-likeness (QED) is 0.631. The highest BCUT2D eigenvalue weighted by molar-refractivity contribution is 5.24. The molecule has 0 amide bonds. The molecular formula is C10H11NO. The molecule has 0 aromatic carbocycles. The standard InChI is InChI=1S/C10H11NO/c1-4-10(12)9-6-5-7(2)8(3)11-9/h1,5-6,10,12H,2-3H3/t10-/m1/s1. The lowest BCUT2D eigenvalue weighted by Gasteiger charge is -2.05. The fraction of sp³-hybridized carbons (Fsp3) is 0.300. The molecule has 1 atom stereocenters. The Morgan fingerprint density at radius 3 is 2.67 bits per heavy atom. The van der Waals surface area contributed by atoms with Crippen molar-refractivity contribution in [2.75, 3.05) is 0 Å². The third-order valence-corrected chi connectivity index (χ3v) is 1.81. The highest BCUT2D eigenvalue weighted by Gasteiger charge is 2.05. The van der Waals surface area contributed by atoms with E-state index in [0.29, 0.717) is 5.69 Å². The molecule has 0 unspecified atom stereocenters. The van der Waals surface area contributed by atoms with Crippen LogP contribution in [0.4, 0.5) is 0 Å². The lowest BCUT2D eigenvalue weighted by Crippen LogP contribution is -1.99. The van der Waals surface area contributed by atoms with Gasteiger partial charge in [-0.15, -0.1) is 6.42 Å². The summed E-state index contributed by atoms with van der Waals surface area (Å²) in [6, 6.07) is 3.64. The molecule has 0 aliphatic rings. The van der Waals surface area contributed by atoms with E-state index in [1.807, 2.05) is 19.9 Å². The van der Waals surface area contributed by atoms with Gasteiger partial charge in [0.05, 0.1) is 5.69 Å². The minimum absolute atomic E-state index is 0.542. The molecule has 62 valence electrons. The smallest absolute Gasteiger partial charge is 0.156 e. The number of hydrogen-bond acceptors (Lipinski definition) is 2. The fourth-order valence-corrected chi connectivity index (χ4v) is 0.888. The number of pyridine rings is 1. The van der Waals surface area contributed by atoms with Gasteiger partial charge in [-0.05, 0) is 25.5 Å². The van der Waals surface area contributed by atoms with Crippen molar-refractivity contribution in [2.24, 2.45) is 0 Å². The number of aliphatic hydroxyl groups is 1. The Morgan fingerprint density at radius 2 is 2.17 bits per heavy atom. The average molecular weight is 161 g/mol. The number of nitrogens with zero attached hydrogens (tertiary/aromatic N) is 1. The van der Waals surface area contributed by atoms with Gasteiger partial charge < -0.3 is 5.11 Å². The highest BCUT2D eigenvalue weighted by Crippen LogP contribution is 2.11. The Balaban J connectivity index is 3.06. The van der Waals surface area contributed by atoms with Crippen LogP contribution < -0.4 is 0 Å². The Labute approximate surface area is 72.3 Å². The predicted octanol–water partition coefficient (Wildman–Crippen LogP) is 1.37. The molecular weight excluding hydrogens is 150 g/mol. The summed E-state index contributed by atoms with van der Waals surface area (Å²) >= 11 is 0. The second-order valence-corrected chi connectivity index (χ2v) is 2.71. The molecule has 0 saturated heterocycles. The van der Waals surface area contributed by atoms with Gasteiger partial charge in [-0.25, -0.2) is 0 Å². The molecule has 0 radical (unpaired) electrons. The van der Waals surface area contributed by atoms with Crippen molar-refractivity contribution in [1.82, 2.24) is 4.98 Å². The van der Waals surface area contributed by atoms with Gasteiger partial charge in [-0.2, -0.15) is 0 Å². The van der Waals surface area contributed by atoms with Gasteiger partial charge in [0.25, 0.3) is 0 Å².